The Balaban J connectivity index is 2.73. The Kier molecular flexibility index (Phi) is 4.47. The van der Waals surface area contributed by atoms with E-state index in [1.54, 1.807) is 25.1 Å². The Morgan fingerprint density at radius 3 is 2.50 bits per heavy atom. The highest BCUT2D eigenvalue weighted by Crippen LogP contribution is 2.30. The summed E-state index contributed by atoms with van der Waals surface area (Å²) in [5.41, 5.74) is 0.554. The van der Waals surface area contributed by atoms with Crippen molar-refractivity contribution in [3.63, 3.8) is 0 Å². The summed E-state index contributed by atoms with van der Waals surface area (Å²) in [6.07, 6.45) is -4.24. The van der Waals surface area contributed by atoms with E-state index in [1.807, 2.05) is 0 Å². The van der Waals surface area contributed by atoms with Crippen LogP contribution in [0.2, 0.25) is 10.0 Å². The Morgan fingerprint density at radius 1 is 1.31 bits per heavy atom. The molecule has 1 nitrogen and oxygen atoms in total. The molecule has 1 rings (SSSR count). The molecule has 1 aromatic rings. The standard InChI is InChI=1S/C10H10Cl2F3N/c1-6(16-5-10(13,14)15)7-3-2-4-8(11)9(7)12/h2-4,6,16H,5H2,1H3. The number of hydrogen-bond donors (Lipinski definition) is 1. The maximum absolute atomic E-state index is 12.0. The smallest absolute Gasteiger partial charge is 0.302 e. The lowest BCUT2D eigenvalue weighted by Gasteiger charge is -2.17. The molecule has 1 aromatic carbocycles. The molecule has 0 bridgehead atoms. The van der Waals surface area contributed by atoms with E-state index in [4.69, 9.17) is 23.2 Å². The molecule has 1 N–H and O–H groups in total. The third-order valence-corrected chi connectivity index (χ3v) is 2.89. The molecule has 90 valence electrons. The number of halogens is 5. The average Bonchev–Trinajstić information content (AvgIpc) is 2.17. The molecular formula is C10H10Cl2F3N. The summed E-state index contributed by atoms with van der Waals surface area (Å²) < 4.78 is 36.0. The minimum Gasteiger partial charge on any atom is -0.302 e. The van der Waals surface area contributed by atoms with Crippen LogP contribution >= 0.6 is 23.2 Å². The van der Waals surface area contributed by atoms with Gasteiger partial charge < -0.3 is 5.32 Å². The van der Waals surface area contributed by atoms with Crippen molar-refractivity contribution in [2.24, 2.45) is 0 Å². The van der Waals surface area contributed by atoms with Crippen LogP contribution in [-0.4, -0.2) is 12.7 Å². The van der Waals surface area contributed by atoms with E-state index < -0.39 is 18.8 Å². The highest BCUT2D eigenvalue weighted by atomic mass is 35.5. The summed E-state index contributed by atoms with van der Waals surface area (Å²) in [5.74, 6) is 0. The zero-order valence-corrected chi connectivity index (χ0v) is 9.92. The Hall–Kier alpha value is -0.450. The van der Waals surface area contributed by atoms with Gasteiger partial charge in [-0.15, -0.1) is 0 Å². The van der Waals surface area contributed by atoms with Crippen molar-refractivity contribution in [3.05, 3.63) is 33.8 Å². The fourth-order valence-electron chi connectivity index (χ4n) is 1.23. The van der Waals surface area contributed by atoms with Crippen LogP contribution in [0.1, 0.15) is 18.5 Å². The lowest BCUT2D eigenvalue weighted by Crippen LogP contribution is -2.30. The predicted octanol–water partition coefficient (Wildman–Crippen LogP) is 4.21. The molecule has 1 atom stereocenters. The van der Waals surface area contributed by atoms with E-state index in [9.17, 15) is 13.2 Å². The maximum Gasteiger partial charge on any atom is 0.401 e. The van der Waals surface area contributed by atoms with Gasteiger partial charge in [0.2, 0.25) is 0 Å². The van der Waals surface area contributed by atoms with Gasteiger partial charge in [-0.25, -0.2) is 0 Å². The van der Waals surface area contributed by atoms with E-state index in [0.717, 1.165) is 0 Å². The molecule has 16 heavy (non-hydrogen) atoms. The fourth-order valence-corrected chi connectivity index (χ4v) is 1.71. The Bertz CT molecular complexity index is 366. The van der Waals surface area contributed by atoms with Crippen molar-refractivity contribution in [3.8, 4) is 0 Å². The number of alkyl halides is 3. The topological polar surface area (TPSA) is 12.0 Å². The highest BCUT2D eigenvalue weighted by molar-refractivity contribution is 6.42. The van der Waals surface area contributed by atoms with Gasteiger partial charge in [0.25, 0.3) is 0 Å². The first kappa shape index (κ1) is 13.6. The third-order valence-electron chi connectivity index (χ3n) is 2.06. The van der Waals surface area contributed by atoms with Crippen LogP contribution in [0.25, 0.3) is 0 Å². The van der Waals surface area contributed by atoms with E-state index in [1.165, 1.54) is 0 Å². The predicted molar refractivity (Wildman–Crippen MR) is 58.9 cm³/mol. The first-order chi connectivity index (χ1) is 7.31. The van der Waals surface area contributed by atoms with Crippen LogP contribution in [0.4, 0.5) is 13.2 Å². The molecule has 0 saturated heterocycles. The fraction of sp³-hybridized carbons (Fsp3) is 0.400. The van der Waals surface area contributed by atoms with Crippen LogP contribution in [-0.2, 0) is 0 Å². The van der Waals surface area contributed by atoms with Crippen molar-refractivity contribution >= 4 is 23.2 Å². The van der Waals surface area contributed by atoms with Crippen LogP contribution in [0.3, 0.4) is 0 Å². The van der Waals surface area contributed by atoms with Gasteiger partial charge in [-0.05, 0) is 18.6 Å². The summed E-state index contributed by atoms with van der Waals surface area (Å²) in [6, 6.07) is 4.37. The van der Waals surface area contributed by atoms with Crippen LogP contribution in [0.15, 0.2) is 18.2 Å². The maximum atomic E-state index is 12.0. The summed E-state index contributed by atoms with van der Waals surface area (Å²) in [6.45, 7) is 0.542. The molecule has 0 amide bonds. The molecule has 0 saturated carbocycles. The van der Waals surface area contributed by atoms with Gasteiger partial charge in [0.15, 0.2) is 0 Å². The monoisotopic (exact) mass is 271 g/mol. The minimum atomic E-state index is -4.24. The summed E-state index contributed by atoms with van der Waals surface area (Å²) in [7, 11) is 0. The molecule has 0 radical (unpaired) electrons. The second-order valence-electron chi connectivity index (χ2n) is 3.36. The van der Waals surface area contributed by atoms with E-state index in [-0.39, 0.29) is 5.02 Å². The number of benzene rings is 1. The summed E-state index contributed by atoms with van der Waals surface area (Å²) in [5, 5.41) is 2.96. The van der Waals surface area contributed by atoms with Crippen molar-refractivity contribution in [2.45, 2.75) is 19.1 Å². The van der Waals surface area contributed by atoms with E-state index in [0.29, 0.717) is 10.6 Å². The van der Waals surface area contributed by atoms with Gasteiger partial charge in [-0.2, -0.15) is 13.2 Å². The first-order valence-electron chi connectivity index (χ1n) is 4.55. The van der Waals surface area contributed by atoms with Gasteiger partial charge in [0.05, 0.1) is 16.6 Å². The van der Waals surface area contributed by atoms with Crippen LogP contribution < -0.4 is 5.32 Å². The van der Waals surface area contributed by atoms with Gasteiger partial charge >= 0.3 is 6.18 Å². The first-order valence-corrected chi connectivity index (χ1v) is 5.31. The second kappa shape index (κ2) is 5.25. The van der Waals surface area contributed by atoms with E-state index in [2.05, 4.69) is 5.32 Å². The third kappa shape index (κ3) is 3.85. The van der Waals surface area contributed by atoms with Crippen molar-refractivity contribution in [1.82, 2.24) is 5.32 Å². The Morgan fingerprint density at radius 2 is 1.94 bits per heavy atom. The van der Waals surface area contributed by atoms with Crippen molar-refractivity contribution in [2.75, 3.05) is 6.54 Å². The molecule has 0 aliphatic rings. The highest BCUT2D eigenvalue weighted by Gasteiger charge is 2.27. The quantitative estimate of drug-likeness (QED) is 0.869. The minimum absolute atomic E-state index is 0.284. The average molecular weight is 272 g/mol. The lowest BCUT2D eigenvalue weighted by molar-refractivity contribution is -0.126. The molecule has 6 heteroatoms. The lowest BCUT2D eigenvalue weighted by atomic mass is 10.1. The van der Waals surface area contributed by atoms with Crippen molar-refractivity contribution in [1.29, 1.82) is 0 Å². The van der Waals surface area contributed by atoms with Gasteiger partial charge in [-0.1, -0.05) is 35.3 Å². The molecule has 0 aliphatic carbocycles. The van der Waals surface area contributed by atoms with Gasteiger partial charge in [0, 0.05) is 6.04 Å². The zero-order chi connectivity index (χ0) is 12.3. The number of nitrogens with one attached hydrogen (secondary N) is 1. The SMILES string of the molecule is CC(NCC(F)(F)F)c1cccc(Cl)c1Cl. The molecule has 1 unspecified atom stereocenters. The van der Waals surface area contributed by atoms with Gasteiger partial charge in [0.1, 0.15) is 0 Å². The molecule has 0 heterocycles. The van der Waals surface area contributed by atoms with E-state index >= 15 is 0 Å². The summed E-state index contributed by atoms with van der Waals surface area (Å²) >= 11 is 11.7. The molecule has 0 aromatic heterocycles. The summed E-state index contributed by atoms with van der Waals surface area (Å²) in [4.78, 5) is 0. The molecular weight excluding hydrogens is 262 g/mol. The second-order valence-corrected chi connectivity index (χ2v) is 4.15. The largest absolute Gasteiger partial charge is 0.401 e. The molecule has 0 aliphatic heterocycles. The zero-order valence-electron chi connectivity index (χ0n) is 8.41. The Labute approximate surface area is 102 Å². The molecule has 0 spiro atoms. The van der Waals surface area contributed by atoms with Crippen molar-refractivity contribution < 1.29 is 13.2 Å². The molecule has 0 fully saturated rings. The van der Waals surface area contributed by atoms with Gasteiger partial charge in [-0.3, -0.25) is 0 Å². The number of rotatable bonds is 3. The normalized spacial score (nSPS) is 13.9. The van der Waals surface area contributed by atoms with Crippen LogP contribution in [0, 0.1) is 0 Å². The van der Waals surface area contributed by atoms with Crippen LogP contribution in [0.5, 0.6) is 0 Å². The number of hydrogen-bond acceptors (Lipinski definition) is 1.